The van der Waals surface area contributed by atoms with Crippen molar-refractivity contribution in [2.24, 2.45) is 5.92 Å². The van der Waals surface area contributed by atoms with Crippen LogP contribution < -0.4 is 9.47 Å². The lowest BCUT2D eigenvalue weighted by molar-refractivity contribution is 0.0937. The molecule has 2 rings (SSSR count). The van der Waals surface area contributed by atoms with Crippen LogP contribution in [0.2, 0.25) is 0 Å². The van der Waals surface area contributed by atoms with Crippen LogP contribution >= 0.6 is 0 Å². The van der Waals surface area contributed by atoms with Crippen molar-refractivity contribution in [1.29, 1.82) is 0 Å². The molecule has 0 amide bonds. The molecule has 1 aliphatic rings. The molecule has 0 bridgehead atoms. The summed E-state index contributed by atoms with van der Waals surface area (Å²) in [4.78, 5) is 2.41. The minimum absolute atomic E-state index is 0.496. The number of ether oxygens (including phenoxy) is 2. The SMILES string of the molecule is COc1ccc(C(O)CN2CCCC2C(C)C)cc1OC. The summed E-state index contributed by atoms with van der Waals surface area (Å²) in [7, 11) is 3.23. The smallest absolute Gasteiger partial charge is 0.161 e. The fourth-order valence-corrected chi connectivity index (χ4v) is 3.22. The fourth-order valence-electron chi connectivity index (χ4n) is 3.22. The summed E-state index contributed by atoms with van der Waals surface area (Å²) in [6, 6.07) is 6.21. The summed E-state index contributed by atoms with van der Waals surface area (Å²) in [5.74, 6) is 1.98. The van der Waals surface area contributed by atoms with E-state index in [2.05, 4.69) is 18.7 Å². The maximum atomic E-state index is 10.5. The van der Waals surface area contributed by atoms with Crippen LogP contribution in [0.1, 0.15) is 38.4 Å². The second kappa shape index (κ2) is 7.14. The van der Waals surface area contributed by atoms with Gasteiger partial charge in [0.05, 0.1) is 20.3 Å². The van der Waals surface area contributed by atoms with E-state index in [9.17, 15) is 5.11 Å². The molecule has 118 valence electrons. The first kappa shape index (κ1) is 16.1. The van der Waals surface area contributed by atoms with Crippen LogP contribution in [0.4, 0.5) is 0 Å². The zero-order valence-corrected chi connectivity index (χ0v) is 13.5. The Bertz CT molecular complexity index is 461. The molecule has 0 aromatic heterocycles. The van der Waals surface area contributed by atoms with Crippen molar-refractivity contribution in [2.45, 2.75) is 38.8 Å². The minimum Gasteiger partial charge on any atom is -0.493 e. The zero-order valence-electron chi connectivity index (χ0n) is 13.5. The summed E-state index contributed by atoms with van der Waals surface area (Å²) < 4.78 is 10.5. The molecule has 0 spiro atoms. The maximum Gasteiger partial charge on any atom is 0.161 e. The molecule has 1 fully saturated rings. The highest BCUT2D eigenvalue weighted by Crippen LogP contribution is 2.31. The predicted molar refractivity (Wildman–Crippen MR) is 83.9 cm³/mol. The van der Waals surface area contributed by atoms with E-state index in [1.54, 1.807) is 14.2 Å². The van der Waals surface area contributed by atoms with Crippen molar-refractivity contribution < 1.29 is 14.6 Å². The van der Waals surface area contributed by atoms with E-state index in [1.807, 2.05) is 18.2 Å². The van der Waals surface area contributed by atoms with Gasteiger partial charge in [-0.2, -0.15) is 0 Å². The molecule has 1 aromatic rings. The first-order chi connectivity index (χ1) is 10.1. The molecule has 1 saturated heterocycles. The van der Waals surface area contributed by atoms with Crippen molar-refractivity contribution in [3.63, 3.8) is 0 Å². The van der Waals surface area contributed by atoms with Gasteiger partial charge in [-0.15, -0.1) is 0 Å². The number of likely N-dealkylation sites (tertiary alicyclic amines) is 1. The number of aliphatic hydroxyl groups is 1. The van der Waals surface area contributed by atoms with Gasteiger partial charge in [0.25, 0.3) is 0 Å². The predicted octanol–water partition coefficient (Wildman–Crippen LogP) is 2.86. The van der Waals surface area contributed by atoms with Gasteiger partial charge in [0.2, 0.25) is 0 Å². The number of nitrogens with zero attached hydrogens (tertiary/aromatic N) is 1. The summed E-state index contributed by atoms with van der Waals surface area (Å²) in [6.45, 7) is 6.27. The van der Waals surface area contributed by atoms with Crippen LogP contribution in [-0.4, -0.2) is 43.4 Å². The van der Waals surface area contributed by atoms with E-state index < -0.39 is 6.10 Å². The Kier molecular flexibility index (Phi) is 5.48. The van der Waals surface area contributed by atoms with Crippen molar-refractivity contribution in [2.75, 3.05) is 27.3 Å². The third kappa shape index (κ3) is 3.69. The standard InChI is InChI=1S/C17H27NO3/c1-12(2)14-6-5-9-18(14)11-15(19)13-7-8-16(20-3)17(10-13)21-4/h7-8,10,12,14-15,19H,5-6,9,11H2,1-4H3. The number of benzene rings is 1. The molecule has 0 aliphatic carbocycles. The second-order valence-corrected chi connectivity index (χ2v) is 6.08. The highest BCUT2D eigenvalue weighted by atomic mass is 16.5. The average Bonchev–Trinajstić information content (AvgIpc) is 2.94. The minimum atomic E-state index is -0.496. The van der Waals surface area contributed by atoms with Crippen LogP contribution in [0, 0.1) is 5.92 Å². The van der Waals surface area contributed by atoms with Gasteiger partial charge >= 0.3 is 0 Å². The van der Waals surface area contributed by atoms with Crippen LogP contribution in [-0.2, 0) is 0 Å². The largest absolute Gasteiger partial charge is 0.493 e. The van der Waals surface area contributed by atoms with Gasteiger partial charge < -0.3 is 14.6 Å². The Hall–Kier alpha value is -1.26. The molecule has 2 atom stereocenters. The third-order valence-corrected chi connectivity index (χ3v) is 4.38. The average molecular weight is 293 g/mol. The van der Waals surface area contributed by atoms with Gasteiger partial charge in [-0.05, 0) is 43.0 Å². The summed E-state index contributed by atoms with van der Waals surface area (Å²) in [6.07, 6.45) is 1.96. The number of hydrogen-bond acceptors (Lipinski definition) is 4. The molecule has 1 N–H and O–H groups in total. The van der Waals surface area contributed by atoms with Crippen LogP contribution in [0.5, 0.6) is 11.5 Å². The number of aliphatic hydroxyl groups excluding tert-OH is 1. The lowest BCUT2D eigenvalue weighted by atomic mass is 10.0. The molecule has 1 heterocycles. The van der Waals surface area contributed by atoms with Gasteiger partial charge in [-0.3, -0.25) is 4.90 Å². The van der Waals surface area contributed by atoms with Crippen LogP contribution in [0.15, 0.2) is 18.2 Å². The van der Waals surface area contributed by atoms with E-state index in [4.69, 9.17) is 9.47 Å². The molecule has 21 heavy (non-hydrogen) atoms. The lowest BCUT2D eigenvalue weighted by Crippen LogP contribution is -2.36. The molecular formula is C17H27NO3. The van der Waals surface area contributed by atoms with Gasteiger partial charge in [0.1, 0.15) is 0 Å². The Balaban J connectivity index is 2.08. The topological polar surface area (TPSA) is 41.9 Å². The van der Waals surface area contributed by atoms with Crippen LogP contribution in [0.25, 0.3) is 0 Å². The monoisotopic (exact) mass is 293 g/mol. The Labute approximate surface area is 127 Å². The number of hydrogen-bond donors (Lipinski definition) is 1. The molecule has 1 aromatic carbocycles. The summed E-state index contributed by atoms with van der Waals surface area (Å²) in [5.41, 5.74) is 0.877. The molecule has 4 heteroatoms. The van der Waals surface area contributed by atoms with E-state index in [1.165, 1.54) is 12.8 Å². The van der Waals surface area contributed by atoms with E-state index in [0.29, 0.717) is 30.0 Å². The van der Waals surface area contributed by atoms with Crippen molar-refractivity contribution >= 4 is 0 Å². The number of β-amino-alcohol motifs (C(OH)–C–C–N with tert-alkyl or cyclic N) is 1. The second-order valence-electron chi connectivity index (χ2n) is 6.08. The zero-order chi connectivity index (χ0) is 15.4. The first-order valence-corrected chi connectivity index (χ1v) is 7.70. The number of methoxy groups -OCH3 is 2. The van der Waals surface area contributed by atoms with Crippen molar-refractivity contribution in [3.8, 4) is 11.5 Å². The van der Waals surface area contributed by atoms with Crippen molar-refractivity contribution in [1.82, 2.24) is 4.90 Å². The Morgan fingerprint density at radius 1 is 1.24 bits per heavy atom. The maximum absolute atomic E-state index is 10.5. The molecular weight excluding hydrogens is 266 g/mol. The third-order valence-electron chi connectivity index (χ3n) is 4.38. The molecule has 2 unspecified atom stereocenters. The molecule has 0 radical (unpaired) electrons. The highest BCUT2D eigenvalue weighted by molar-refractivity contribution is 5.43. The van der Waals surface area contributed by atoms with E-state index in [0.717, 1.165) is 12.1 Å². The van der Waals surface area contributed by atoms with E-state index in [-0.39, 0.29) is 0 Å². The van der Waals surface area contributed by atoms with Gasteiger partial charge in [0, 0.05) is 12.6 Å². The molecule has 1 aliphatic heterocycles. The normalized spacial score (nSPS) is 20.8. The molecule has 0 saturated carbocycles. The van der Waals surface area contributed by atoms with E-state index >= 15 is 0 Å². The summed E-state index contributed by atoms with van der Waals surface area (Å²) >= 11 is 0. The van der Waals surface area contributed by atoms with Crippen molar-refractivity contribution in [3.05, 3.63) is 23.8 Å². The first-order valence-electron chi connectivity index (χ1n) is 7.70. The Morgan fingerprint density at radius 3 is 2.57 bits per heavy atom. The fraction of sp³-hybridized carbons (Fsp3) is 0.647. The lowest BCUT2D eigenvalue weighted by Gasteiger charge is -2.29. The van der Waals surface area contributed by atoms with Gasteiger partial charge in [0.15, 0.2) is 11.5 Å². The van der Waals surface area contributed by atoms with Gasteiger partial charge in [-0.1, -0.05) is 19.9 Å². The summed E-state index contributed by atoms with van der Waals surface area (Å²) in [5, 5.41) is 10.5. The van der Waals surface area contributed by atoms with Crippen LogP contribution in [0.3, 0.4) is 0 Å². The Morgan fingerprint density at radius 2 is 1.95 bits per heavy atom. The molecule has 4 nitrogen and oxygen atoms in total. The van der Waals surface area contributed by atoms with Gasteiger partial charge in [-0.25, -0.2) is 0 Å². The highest BCUT2D eigenvalue weighted by Gasteiger charge is 2.28. The quantitative estimate of drug-likeness (QED) is 0.876. The number of rotatable bonds is 6.